The first-order valence-electron chi connectivity index (χ1n) is 7.11. The van der Waals surface area contributed by atoms with Gasteiger partial charge in [-0.2, -0.15) is 0 Å². The van der Waals surface area contributed by atoms with Crippen molar-refractivity contribution in [1.29, 1.82) is 0 Å². The van der Waals surface area contributed by atoms with Gasteiger partial charge < -0.3 is 16.0 Å². The molecule has 0 unspecified atom stereocenters. The number of benzene rings is 1. The minimum Gasteiger partial charge on any atom is -0.393 e. The van der Waals surface area contributed by atoms with Gasteiger partial charge >= 0.3 is 0 Å². The molecule has 0 spiro atoms. The molecule has 6 nitrogen and oxygen atoms in total. The zero-order valence-electron chi connectivity index (χ0n) is 11.8. The number of nitrogens with one attached hydrogen (secondary N) is 1. The summed E-state index contributed by atoms with van der Waals surface area (Å²) < 4.78 is 0. The lowest BCUT2D eigenvalue weighted by Gasteiger charge is -2.31. The quantitative estimate of drug-likeness (QED) is 0.489. The molecule has 0 atom stereocenters. The maximum atomic E-state index is 10.8. The van der Waals surface area contributed by atoms with Gasteiger partial charge in [0.25, 0.3) is 5.69 Å². The van der Waals surface area contributed by atoms with Crippen LogP contribution in [-0.4, -0.2) is 31.1 Å². The number of nitro groups is 1. The van der Waals surface area contributed by atoms with Crippen LogP contribution in [0.5, 0.6) is 0 Å². The van der Waals surface area contributed by atoms with Crippen LogP contribution in [0.4, 0.5) is 17.1 Å². The lowest BCUT2D eigenvalue weighted by atomic mass is 9.97. The monoisotopic (exact) mass is 278 g/mol. The first-order valence-corrected chi connectivity index (χ1v) is 7.11. The van der Waals surface area contributed by atoms with Crippen molar-refractivity contribution in [2.45, 2.75) is 19.8 Å². The number of nitro benzene ring substituents is 1. The van der Waals surface area contributed by atoms with Crippen molar-refractivity contribution in [3.8, 4) is 0 Å². The molecule has 20 heavy (non-hydrogen) atoms. The molecule has 3 N–H and O–H groups in total. The standard InChI is InChI=1S/C14H22N4O2/c1-2-17(10-11-5-7-16-8-6-11)12-3-4-14(18(19)20)13(15)9-12/h3-4,9,11,16H,2,5-8,10,15H2,1H3. The highest BCUT2D eigenvalue weighted by molar-refractivity contribution is 5.66. The second-order valence-electron chi connectivity index (χ2n) is 5.23. The van der Waals surface area contributed by atoms with Crippen molar-refractivity contribution in [1.82, 2.24) is 5.32 Å². The Hall–Kier alpha value is -1.82. The van der Waals surface area contributed by atoms with E-state index in [2.05, 4.69) is 17.1 Å². The molecule has 1 heterocycles. The summed E-state index contributed by atoms with van der Waals surface area (Å²) in [4.78, 5) is 12.6. The van der Waals surface area contributed by atoms with Gasteiger partial charge in [0.2, 0.25) is 0 Å². The number of hydrogen-bond acceptors (Lipinski definition) is 5. The Balaban J connectivity index is 2.10. The van der Waals surface area contributed by atoms with Crippen molar-refractivity contribution < 1.29 is 4.92 Å². The predicted octanol–water partition coefficient (Wildman–Crippen LogP) is 2.00. The van der Waals surface area contributed by atoms with Gasteiger partial charge in [-0.05, 0) is 50.9 Å². The fourth-order valence-electron chi connectivity index (χ4n) is 2.70. The fraction of sp³-hybridized carbons (Fsp3) is 0.571. The Morgan fingerprint density at radius 2 is 2.15 bits per heavy atom. The molecule has 0 saturated carbocycles. The first kappa shape index (κ1) is 14.6. The second kappa shape index (κ2) is 6.56. The summed E-state index contributed by atoms with van der Waals surface area (Å²) in [6.45, 7) is 6.10. The van der Waals surface area contributed by atoms with Crippen LogP contribution in [0, 0.1) is 16.0 Å². The van der Waals surface area contributed by atoms with Crippen LogP contribution in [0.25, 0.3) is 0 Å². The second-order valence-corrected chi connectivity index (χ2v) is 5.23. The van der Waals surface area contributed by atoms with Gasteiger partial charge in [-0.15, -0.1) is 0 Å². The highest BCUT2D eigenvalue weighted by Gasteiger charge is 2.18. The number of nitrogens with two attached hydrogens (primary N) is 1. The molecule has 0 radical (unpaired) electrons. The average molecular weight is 278 g/mol. The predicted molar refractivity (Wildman–Crippen MR) is 81.0 cm³/mol. The van der Waals surface area contributed by atoms with Crippen LogP contribution < -0.4 is 16.0 Å². The Morgan fingerprint density at radius 1 is 1.45 bits per heavy atom. The summed E-state index contributed by atoms with van der Waals surface area (Å²) in [5.41, 5.74) is 6.95. The molecule has 1 aromatic rings. The Labute approximate surface area is 119 Å². The summed E-state index contributed by atoms with van der Waals surface area (Å²) in [5.74, 6) is 0.674. The van der Waals surface area contributed by atoms with E-state index in [4.69, 9.17) is 5.73 Å². The molecule has 0 aromatic heterocycles. The van der Waals surface area contributed by atoms with Crippen molar-refractivity contribution >= 4 is 17.1 Å². The van der Waals surface area contributed by atoms with Crippen molar-refractivity contribution in [2.24, 2.45) is 5.92 Å². The van der Waals surface area contributed by atoms with Crippen molar-refractivity contribution in [3.63, 3.8) is 0 Å². The fourth-order valence-corrected chi connectivity index (χ4v) is 2.70. The van der Waals surface area contributed by atoms with E-state index in [-0.39, 0.29) is 11.4 Å². The molecule has 110 valence electrons. The van der Waals surface area contributed by atoms with Gasteiger partial charge in [-0.1, -0.05) is 0 Å². The van der Waals surface area contributed by atoms with Gasteiger partial charge in [0.05, 0.1) is 4.92 Å². The SMILES string of the molecule is CCN(CC1CCNCC1)c1ccc([N+](=O)[O-])c(N)c1. The van der Waals surface area contributed by atoms with Gasteiger partial charge in [0.15, 0.2) is 0 Å². The highest BCUT2D eigenvalue weighted by atomic mass is 16.6. The first-order chi connectivity index (χ1) is 9.61. The molecule has 2 rings (SSSR count). The molecule has 0 bridgehead atoms. The van der Waals surface area contributed by atoms with Crippen molar-refractivity contribution in [3.05, 3.63) is 28.3 Å². The van der Waals surface area contributed by atoms with E-state index in [9.17, 15) is 10.1 Å². The lowest BCUT2D eigenvalue weighted by molar-refractivity contribution is -0.383. The smallest absolute Gasteiger partial charge is 0.292 e. The van der Waals surface area contributed by atoms with Crippen LogP contribution in [0.15, 0.2) is 18.2 Å². The lowest BCUT2D eigenvalue weighted by Crippen LogP contribution is -2.36. The third-order valence-corrected chi connectivity index (χ3v) is 3.89. The van der Waals surface area contributed by atoms with Gasteiger partial charge in [0, 0.05) is 24.8 Å². The summed E-state index contributed by atoms with van der Waals surface area (Å²) in [7, 11) is 0. The maximum Gasteiger partial charge on any atom is 0.292 e. The number of anilines is 2. The number of nitrogen functional groups attached to an aromatic ring is 1. The number of rotatable bonds is 5. The molecular formula is C14H22N4O2. The number of nitrogens with zero attached hydrogens (tertiary/aromatic N) is 2. The third-order valence-electron chi connectivity index (χ3n) is 3.89. The summed E-state index contributed by atoms with van der Waals surface area (Å²) in [5, 5.41) is 14.2. The van der Waals surface area contributed by atoms with E-state index in [1.807, 2.05) is 0 Å². The van der Waals surface area contributed by atoms with E-state index in [1.54, 1.807) is 12.1 Å². The zero-order valence-corrected chi connectivity index (χ0v) is 11.8. The minimum atomic E-state index is -0.442. The summed E-state index contributed by atoms with van der Waals surface area (Å²) in [6, 6.07) is 5.00. The Bertz CT molecular complexity index is 472. The van der Waals surface area contributed by atoms with Crippen molar-refractivity contribution in [2.75, 3.05) is 36.8 Å². The maximum absolute atomic E-state index is 10.8. The summed E-state index contributed by atoms with van der Waals surface area (Å²) in [6.07, 6.45) is 2.36. The van der Waals surface area contributed by atoms with E-state index < -0.39 is 4.92 Å². The number of piperidine rings is 1. The molecule has 6 heteroatoms. The van der Waals surface area contributed by atoms with Crippen LogP contribution in [0.1, 0.15) is 19.8 Å². The van der Waals surface area contributed by atoms with Gasteiger partial charge in [-0.3, -0.25) is 10.1 Å². The highest BCUT2D eigenvalue weighted by Crippen LogP contribution is 2.28. The molecule has 1 aromatic carbocycles. The average Bonchev–Trinajstić information content (AvgIpc) is 2.45. The molecule has 0 aliphatic carbocycles. The molecule has 1 aliphatic heterocycles. The Kier molecular flexibility index (Phi) is 4.79. The van der Waals surface area contributed by atoms with E-state index >= 15 is 0 Å². The van der Waals surface area contributed by atoms with Crippen LogP contribution in [-0.2, 0) is 0 Å². The topological polar surface area (TPSA) is 84.4 Å². The van der Waals surface area contributed by atoms with Gasteiger partial charge in [-0.25, -0.2) is 0 Å². The molecule has 1 saturated heterocycles. The molecular weight excluding hydrogens is 256 g/mol. The minimum absolute atomic E-state index is 0.0216. The van der Waals surface area contributed by atoms with Gasteiger partial charge in [0.1, 0.15) is 5.69 Å². The third kappa shape index (κ3) is 3.39. The zero-order chi connectivity index (χ0) is 14.5. The Morgan fingerprint density at radius 3 is 2.70 bits per heavy atom. The van der Waals surface area contributed by atoms with E-state index in [0.29, 0.717) is 5.92 Å². The van der Waals surface area contributed by atoms with Crippen LogP contribution >= 0.6 is 0 Å². The van der Waals surface area contributed by atoms with Crippen LogP contribution in [0.2, 0.25) is 0 Å². The molecule has 1 fully saturated rings. The van der Waals surface area contributed by atoms with Crippen LogP contribution in [0.3, 0.4) is 0 Å². The van der Waals surface area contributed by atoms with E-state index in [1.165, 1.54) is 18.9 Å². The normalized spacial score (nSPS) is 16.1. The number of hydrogen-bond donors (Lipinski definition) is 2. The largest absolute Gasteiger partial charge is 0.393 e. The van der Waals surface area contributed by atoms with E-state index in [0.717, 1.165) is 31.9 Å². The summed E-state index contributed by atoms with van der Waals surface area (Å²) >= 11 is 0. The molecule has 1 aliphatic rings. The molecule has 0 amide bonds.